The molecule has 1 atom stereocenters. The average molecular weight is 288 g/mol. The van der Waals surface area contributed by atoms with Gasteiger partial charge in [0.05, 0.1) is 0 Å². The molecular weight excluding hydrogens is 260 g/mol. The van der Waals surface area contributed by atoms with Crippen LogP contribution in [0, 0.1) is 0 Å². The zero-order chi connectivity index (χ0) is 14.8. The Balaban J connectivity index is 1.80. The summed E-state index contributed by atoms with van der Waals surface area (Å²) in [5, 5.41) is 0. The third-order valence-electron chi connectivity index (χ3n) is 5.03. The summed E-state index contributed by atoms with van der Waals surface area (Å²) in [6, 6.07) is 7.33. The average Bonchev–Trinajstić information content (AvgIpc) is 2.72. The number of hydrogen-bond acceptors (Lipinski definition) is 4. The van der Waals surface area contributed by atoms with E-state index in [1.54, 1.807) is 0 Å². The fraction of sp³-hybridized carbons (Fsp3) is 0.647. The molecule has 0 spiro atoms. The highest BCUT2D eigenvalue weighted by molar-refractivity contribution is 5.58. The van der Waals surface area contributed by atoms with Crippen LogP contribution in [-0.2, 0) is 6.42 Å². The molecule has 4 heteroatoms. The molecule has 2 heterocycles. The van der Waals surface area contributed by atoms with Gasteiger partial charge in [-0.2, -0.15) is 0 Å². The molecule has 0 amide bonds. The van der Waals surface area contributed by atoms with Crippen molar-refractivity contribution >= 4 is 5.69 Å². The van der Waals surface area contributed by atoms with E-state index in [1.165, 1.54) is 36.2 Å². The summed E-state index contributed by atoms with van der Waals surface area (Å²) in [5.74, 6) is 0. The molecule has 0 aromatic heterocycles. The molecule has 2 N–H and O–H groups in total. The molecule has 116 valence electrons. The molecule has 0 bridgehead atoms. The summed E-state index contributed by atoms with van der Waals surface area (Å²) in [4.78, 5) is 7.34. The molecule has 21 heavy (non-hydrogen) atoms. The smallest absolute Gasteiger partial charge is 0.0471 e. The Morgan fingerprint density at radius 2 is 1.95 bits per heavy atom. The van der Waals surface area contributed by atoms with Crippen molar-refractivity contribution in [3.05, 3.63) is 29.3 Å². The van der Waals surface area contributed by atoms with Gasteiger partial charge in [0.25, 0.3) is 0 Å². The van der Waals surface area contributed by atoms with Gasteiger partial charge in [0.15, 0.2) is 0 Å². The molecule has 4 nitrogen and oxygen atoms in total. The molecule has 3 rings (SSSR count). The molecule has 0 saturated carbocycles. The quantitative estimate of drug-likeness (QED) is 0.910. The van der Waals surface area contributed by atoms with Gasteiger partial charge in [-0.05, 0) is 43.6 Å². The molecule has 2 aliphatic rings. The molecule has 0 aliphatic carbocycles. The lowest BCUT2D eigenvalue weighted by atomic mass is 10.0. The van der Waals surface area contributed by atoms with Crippen LogP contribution in [0.4, 0.5) is 5.69 Å². The van der Waals surface area contributed by atoms with Crippen molar-refractivity contribution in [2.75, 3.05) is 58.3 Å². The maximum Gasteiger partial charge on any atom is 0.0471 e. The first-order valence-corrected chi connectivity index (χ1v) is 8.15. The number of nitrogens with two attached hydrogens (primary N) is 1. The first kappa shape index (κ1) is 14.8. The van der Waals surface area contributed by atoms with Crippen LogP contribution < -0.4 is 10.6 Å². The van der Waals surface area contributed by atoms with Gasteiger partial charge in [-0.3, -0.25) is 4.90 Å². The van der Waals surface area contributed by atoms with Gasteiger partial charge in [-0.1, -0.05) is 12.1 Å². The first-order valence-electron chi connectivity index (χ1n) is 8.15. The van der Waals surface area contributed by atoms with E-state index in [2.05, 4.69) is 47.0 Å². The second-order valence-corrected chi connectivity index (χ2v) is 6.50. The summed E-state index contributed by atoms with van der Waals surface area (Å²) < 4.78 is 0. The van der Waals surface area contributed by atoms with Crippen molar-refractivity contribution < 1.29 is 0 Å². The summed E-state index contributed by atoms with van der Waals surface area (Å²) in [5.41, 5.74) is 10.4. The van der Waals surface area contributed by atoms with Crippen molar-refractivity contribution in [3.63, 3.8) is 0 Å². The predicted octanol–water partition coefficient (Wildman–Crippen LogP) is 1.32. The van der Waals surface area contributed by atoms with Crippen LogP contribution in [0.5, 0.6) is 0 Å². The van der Waals surface area contributed by atoms with Crippen molar-refractivity contribution in [3.8, 4) is 0 Å². The maximum atomic E-state index is 6.13. The summed E-state index contributed by atoms with van der Waals surface area (Å²) >= 11 is 0. The molecule has 0 radical (unpaired) electrons. The van der Waals surface area contributed by atoms with E-state index in [4.69, 9.17) is 5.73 Å². The van der Waals surface area contributed by atoms with Crippen molar-refractivity contribution in [2.24, 2.45) is 5.73 Å². The molecule has 1 fully saturated rings. The van der Waals surface area contributed by atoms with Crippen LogP contribution >= 0.6 is 0 Å². The Hall–Kier alpha value is -1.10. The third-order valence-corrected chi connectivity index (χ3v) is 5.03. The Kier molecular flexibility index (Phi) is 4.48. The minimum absolute atomic E-state index is 0.368. The second-order valence-electron chi connectivity index (χ2n) is 6.50. The van der Waals surface area contributed by atoms with Gasteiger partial charge < -0.3 is 15.5 Å². The summed E-state index contributed by atoms with van der Waals surface area (Å²) in [7, 11) is 4.39. The number of rotatable bonds is 3. The Bertz CT molecular complexity index is 488. The van der Waals surface area contributed by atoms with E-state index in [0.717, 1.165) is 26.2 Å². The molecule has 1 aromatic rings. The zero-order valence-electron chi connectivity index (χ0n) is 13.4. The van der Waals surface area contributed by atoms with Gasteiger partial charge in [0, 0.05) is 51.5 Å². The monoisotopic (exact) mass is 288 g/mol. The van der Waals surface area contributed by atoms with Gasteiger partial charge in [-0.15, -0.1) is 0 Å². The number of benzene rings is 1. The van der Waals surface area contributed by atoms with Crippen molar-refractivity contribution in [2.45, 2.75) is 18.9 Å². The highest BCUT2D eigenvalue weighted by Crippen LogP contribution is 2.31. The van der Waals surface area contributed by atoms with Crippen LogP contribution in [0.3, 0.4) is 0 Å². The van der Waals surface area contributed by atoms with Crippen LogP contribution in [0.1, 0.15) is 23.6 Å². The van der Waals surface area contributed by atoms with E-state index in [0.29, 0.717) is 12.6 Å². The topological polar surface area (TPSA) is 35.7 Å². The van der Waals surface area contributed by atoms with E-state index in [-0.39, 0.29) is 0 Å². The van der Waals surface area contributed by atoms with Crippen molar-refractivity contribution in [1.29, 1.82) is 0 Å². The minimum Gasteiger partial charge on any atom is -0.374 e. The number of anilines is 1. The maximum absolute atomic E-state index is 6.13. The fourth-order valence-electron chi connectivity index (χ4n) is 3.67. The summed E-state index contributed by atoms with van der Waals surface area (Å²) in [6.45, 7) is 6.46. The number of fused-ring (bicyclic) bond motifs is 1. The second kappa shape index (κ2) is 6.34. The number of hydrogen-bond donors (Lipinski definition) is 1. The lowest BCUT2D eigenvalue weighted by Crippen LogP contribution is -2.36. The van der Waals surface area contributed by atoms with Gasteiger partial charge in [-0.25, -0.2) is 0 Å². The van der Waals surface area contributed by atoms with E-state index < -0.39 is 0 Å². The van der Waals surface area contributed by atoms with Crippen LogP contribution in [0.2, 0.25) is 0 Å². The number of likely N-dealkylation sites (N-methyl/N-ethyl adjacent to an activating group) is 2. The lowest BCUT2D eigenvalue weighted by Gasteiger charge is -2.30. The Labute approximate surface area is 128 Å². The standard InChI is InChI=1S/C17H28N4/c1-19-7-3-8-21(11-10-19)17(13-18)14-4-5-16-15(12-14)6-9-20(16)2/h4-5,12,17H,3,6-11,13,18H2,1-2H3. The Morgan fingerprint density at radius 1 is 1.10 bits per heavy atom. The van der Waals surface area contributed by atoms with Crippen LogP contribution in [0.25, 0.3) is 0 Å². The first-order chi connectivity index (χ1) is 10.2. The SMILES string of the molecule is CN1CCCN(C(CN)c2ccc3c(c2)CCN3C)CC1. The number of nitrogens with zero attached hydrogens (tertiary/aromatic N) is 3. The minimum atomic E-state index is 0.368. The van der Waals surface area contributed by atoms with E-state index >= 15 is 0 Å². The van der Waals surface area contributed by atoms with Gasteiger partial charge >= 0.3 is 0 Å². The highest BCUT2D eigenvalue weighted by atomic mass is 15.2. The van der Waals surface area contributed by atoms with Gasteiger partial charge in [0.1, 0.15) is 0 Å². The lowest BCUT2D eigenvalue weighted by molar-refractivity contribution is 0.208. The fourth-order valence-corrected chi connectivity index (χ4v) is 3.67. The van der Waals surface area contributed by atoms with Crippen LogP contribution in [-0.4, -0.2) is 63.2 Å². The third kappa shape index (κ3) is 3.07. The van der Waals surface area contributed by atoms with Crippen molar-refractivity contribution in [1.82, 2.24) is 9.80 Å². The van der Waals surface area contributed by atoms with E-state index in [9.17, 15) is 0 Å². The van der Waals surface area contributed by atoms with Crippen LogP contribution in [0.15, 0.2) is 18.2 Å². The molecule has 1 saturated heterocycles. The highest BCUT2D eigenvalue weighted by Gasteiger charge is 2.23. The Morgan fingerprint density at radius 3 is 2.76 bits per heavy atom. The predicted molar refractivity (Wildman–Crippen MR) is 88.9 cm³/mol. The zero-order valence-corrected chi connectivity index (χ0v) is 13.4. The molecule has 1 aromatic carbocycles. The largest absolute Gasteiger partial charge is 0.374 e. The molecule has 1 unspecified atom stereocenters. The van der Waals surface area contributed by atoms with Gasteiger partial charge in [0.2, 0.25) is 0 Å². The molecule has 2 aliphatic heterocycles. The van der Waals surface area contributed by atoms with E-state index in [1.807, 2.05) is 0 Å². The normalized spacial score (nSPS) is 22.1. The molecular formula is C17H28N4. The summed E-state index contributed by atoms with van der Waals surface area (Å²) in [6.07, 6.45) is 2.40.